The minimum Gasteiger partial charge on any atom is -0.486 e. The number of hydrogen-bond acceptors (Lipinski definition) is 3. The number of ether oxygens (including phenoxy) is 1. The van der Waals surface area contributed by atoms with Gasteiger partial charge in [0.25, 0.3) is 0 Å². The van der Waals surface area contributed by atoms with Crippen LogP contribution in [-0.2, 0) is 19.6 Å². The van der Waals surface area contributed by atoms with Crippen LogP contribution in [0.1, 0.15) is 30.9 Å². The van der Waals surface area contributed by atoms with E-state index in [0.717, 1.165) is 31.0 Å². The molecule has 1 aliphatic rings. The second-order valence-corrected chi connectivity index (χ2v) is 4.74. The van der Waals surface area contributed by atoms with Crippen LogP contribution in [0.5, 0.6) is 5.75 Å². The average Bonchev–Trinajstić information content (AvgIpc) is 2.64. The number of nitrogens with zero attached hydrogens (tertiary/aromatic N) is 3. The minimum atomic E-state index is -0.294. The normalized spacial score (nSPS) is 14.8. The van der Waals surface area contributed by atoms with E-state index in [4.69, 9.17) is 4.74 Å². The van der Waals surface area contributed by atoms with Crippen molar-refractivity contribution in [3.63, 3.8) is 0 Å². The SMILES string of the molecule is Fc1cccc(OCc2nnc3n2CCCCC3)c1. The van der Waals surface area contributed by atoms with Gasteiger partial charge in [0, 0.05) is 19.0 Å². The smallest absolute Gasteiger partial charge is 0.171 e. The van der Waals surface area contributed by atoms with E-state index in [1.165, 1.54) is 25.0 Å². The number of benzene rings is 1. The summed E-state index contributed by atoms with van der Waals surface area (Å²) in [6, 6.07) is 6.15. The first-order chi connectivity index (χ1) is 9.33. The molecule has 0 amide bonds. The van der Waals surface area contributed by atoms with Gasteiger partial charge in [-0.3, -0.25) is 0 Å². The molecule has 0 fully saturated rings. The zero-order valence-corrected chi connectivity index (χ0v) is 10.7. The molecule has 19 heavy (non-hydrogen) atoms. The lowest BCUT2D eigenvalue weighted by Gasteiger charge is -2.08. The molecule has 0 spiro atoms. The maximum absolute atomic E-state index is 13.0. The van der Waals surface area contributed by atoms with Gasteiger partial charge in [0.15, 0.2) is 5.82 Å². The largest absolute Gasteiger partial charge is 0.486 e. The standard InChI is InChI=1S/C14H16FN3O/c15-11-5-4-6-12(9-11)19-10-14-17-16-13-7-2-1-3-8-18(13)14/h4-6,9H,1-3,7-8,10H2. The fourth-order valence-corrected chi connectivity index (χ4v) is 2.36. The van der Waals surface area contributed by atoms with Crippen molar-refractivity contribution in [1.82, 2.24) is 14.8 Å². The third-order valence-electron chi connectivity index (χ3n) is 3.35. The molecule has 1 aromatic carbocycles. The molecule has 0 atom stereocenters. The Labute approximate surface area is 111 Å². The highest BCUT2D eigenvalue weighted by Gasteiger charge is 2.14. The van der Waals surface area contributed by atoms with Gasteiger partial charge in [-0.2, -0.15) is 0 Å². The molecule has 0 N–H and O–H groups in total. The summed E-state index contributed by atoms with van der Waals surface area (Å²) in [5.74, 6) is 2.08. The number of hydrogen-bond donors (Lipinski definition) is 0. The van der Waals surface area contributed by atoms with Crippen molar-refractivity contribution in [1.29, 1.82) is 0 Å². The maximum atomic E-state index is 13.0. The lowest BCUT2D eigenvalue weighted by Crippen LogP contribution is -2.08. The quantitative estimate of drug-likeness (QED) is 0.853. The van der Waals surface area contributed by atoms with Crippen LogP contribution in [0.15, 0.2) is 24.3 Å². The molecule has 0 saturated heterocycles. The molecule has 1 aliphatic heterocycles. The average molecular weight is 261 g/mol. The molecule has 4 nitrogen and oxygen atoms in total. The molecule has 100 valence electrons. The van der Waals surface area contributed by atoms with E-state index in [1.807, 2.05) is 0 Å². The van der Waals surface area contributed by atoms with Gasteiger partial charge in [-0.15, -0.1) is 10.2 Å². The van der Waals surface area contributed by atoms with Crippen molar-refractivity contribution >= 4 is 0 Å². The van der Waals surface area contributed by atoms with E-state index in [-0.39, 0.29) is 5.82 Å². The zero-order chi connectivity index (χ0) is 13.1. The molecule has 0 radical (unpaired) electrons. The number of fused-ring (bicyclic) bond motifs is 1. The number of halogens is 1. The highest BCUT2D eigenvalue weighted by atomic mass is 19.1. The molecular formula is C14H16FN3O. The molecular weight excluding hydrogens is 245 g/mol. The third-order valence-corrected chi connectivity index (χ3v) is 3.35. The third kappa shape index (κ3) is 2.75. The van der Waals surface area contributed by atoms with Crippen LogP contribution in [0.2, 0.25) is 0 Å². The Hall–Kier alpha value is -1.91. The van der Waals surface area contributed by atoms with Crippen LogP contribution in [0.4, 0.5) is 4.39 Å². The van der Waals surface area contributed by atoms with E-state index >= 15 is 0 Å². The van der Waals surface area contributed by atoms with Crippen molar-refractivity contribution in [2.75, 3.05) is 0 Å². The summed E-state index contributed by atoms with van der Waals surface area (Å²) < 4.78 is 20.8. The van der Waals surface area contributed by atoms with E-state index < -0.39 is 0 Å². The van der Waals surface area contributed by atoms with E-state index in [1.54, 1.807) is 12.1 Å². The summed E-state index contributed by atoms with van der Waals surface area (Å²) in [7, 11) is 0. The Balaban J connectivity index is 1.72. The first-order valence-corrected chi connectivity index (χ1v) is 6.62. The van der Waals surface area contributed by atoms with Gasteiger partial charge in [-0.25, -0.2) is 4.39 Å². The van der Waals surface area contributed by atoms with Crippen molar-refractivity contribution in [3.05, 3.63) is 41.7 Å². The fourth-order valence-electron chi connectivity index (χ4n) is 2.36. The summed E-state index contributed by atoms with van der Waals surface area (Å²) in [5, 5.41) is 8.38. The van der Waals surface area contributed by atoms with Crippen LogP contribution in [0, 0.1) is 5.82 Å². The van der Waals surface area contributed by atoms with E-state index in [0.29, 0.717) is 12.4 Å². The van der Waals surface area contributed by atoms with Crippen molar-refractivity contribution in [2.24, 2.45) is 0 Å². The molecule has 3 rings (SSSR count). The van der Waals surface area contributed by atoms with E-state index in [9.17, 15) is 4.39 Å². The van der Waals surface area contributed by atoms with Gasteiger partial charge in [0.1, 0.15) is 24.0 Å². The fraction of sp³-hybridized carbons (Fsp3) is 0.429. The summed E-state index contributed by atoms with van der Waals surface area (Å²) in [5.41, 5.74) is 0. The summed E-state index contributed by atoms with van der Waals surface area (Å²) >= 11 is 0. The van der Waals surface area contributed by atoms with Crippen molar-refractivity contribution in [3.8, 4) is 5.75 Å². The Kier molecular flexibility index (Phi) is 3.44. The Morgan fingerprint density at radius 2 is 2.16 bits per heavy atom. The number of aryl methyl sites for hydroxylation is 1. The van der Waals surface area contributed by atoms with Gasteiger partial charge in [-0.05, 0) is 25.0 Å². The van der Waals surface area contributed by atoms with Crippen molar-refractivity contribution in [2.45, 2.75) is 38.8 Å². The molecule has 5 heteroatoms. The lowest BCUT2D eigenvalue weighted by atomic mass is 10.2. The Morgan fingerprint density at radius 3 is 3.05 bits per heavy atom. The lowest BCUT2D eigenvalue weighted by molar-refractivity contribution is 0.287. The summed E-state index contributed by atoms with van der Waals surface area (Å²) in [6.45, 7) is 1.28. The van der Waals surface area contributed by atoms with Crippen molar-refractivity contribution < 1.29 is 9.13 Å². The van der Waals surface area contributed by atoms with Crippen LogP contribution < -0.4 is 4.74 Å². The molecule has 0 bridgehead atoms. The second kappa shape index (κ2) is 5.38. The highest BCUT2D eigenvalue weighted by Crippen LogP contribution is 2.17. The molecule has 0 saturated carbocycles. The Bertz CT molecular complexity index is 568. The van der Waals surface area contributed by atoms with Gasteiger partial charge in [0.2, 0.25) is 0 Å². The first kappa shape index (κ1) is 12.1. The van der Waals surface area contributed by atoms with Crippen LogP contribution in [0.3, 0.4) is 0 Å². The summed E-state index contributed by atoms with van der Waals surface area (Å²) in [4.78, 5) is 0. The first-order valence-electron chi connectivity index (χ1n) is 6.62. The Morgan fingerprint density at radius 1 is 1.21 bits per heavy atom. The van der Waals surface area contributed by atoms with Crippen LogP contribution in [0.25, 0.3) is 0 Å². The highest BCUT2D eigenvalue weighted by molar-refractivity contribution is 5.22. The van der Waals surface area contributed by atoms with Crippen LogP contribution in [-0.4, -0.2) is 14.8 Å². The van der Waals surface area contributed by atoms with Gasteiger partial charge in [0.05, 0.1) is 0 Å². The molecule has 0 unspecified atom stereocenters. The van der Waals surface area contributed by atoms with Gasteiger partial charge >= 0.3 is 0 Å². The molecule has 2 heterocycles. The van der Waals surface area contributed by atoms with Crippen LogP contribution >= 0.6 is 0 Å². The van der Waals surface area contributed by atoms with Gasteiger partial charge < -0.3 is 9.30 Å². The predicted octanol–water partition coefficient (Wildman–Crippen LogP) is 2.72. The molecule has 1 aromatic heterocycles. The predicted molar refractivity (Wildman–Crippen MR) is 68.3 cm³/mol. The minimum absolute atomic E-state index is 0.294. The van der Waals surface area contributed by atoms with E-state index in [2.05, 4.69) is 14.8 Å². The monoisotopic (exact) mass is 261 g/mol. The number of rotatable bonds is 3. The molecule has 0 aliphatic carbocycles. The zero-order valence-electron chi connectivity index (χ0n) is 10.7. The summed E-state index contributed by atoms with van der Waals surface area (Å²) in [6.07, 6.45) is 4.53. The van der Waals surface area contributed by atoms with Gasteiger partial charge in [-0.1, -0.05) is 12.5 Å². The number of aromatic nitrogens is 3. The molecule has 2 aromatic rings. The topological polar surface area (TPSA) is 39.9 Å². The second-order valence-electron chi connectivity index (χ2n) is 4.74. The maximum Gasteiger partial charge on any atom is 0.171 e.